The lowest BCUT2D eigenvalue weighted by atomic mass is 10.1. The third-order valence-electron chi connectivity index (χ3n) is 1.92. The van der Waals surface area contributed by atoms with E-state index in [1.54, 1.807) is 6.07 Å². The Morgan fingerprint density at radius 3 is 2.75 bits per heavy atom. The molecular formula is C11H10N2O3. The SMILES string of the molecule is CC(=O)c1ccc(O)c(NC(=O)CC#N)c1. The lowest BCUT2D eigenvalue weighted by Gasteiger charge is -2.06. The molecule has 0 bridgehead atoms. The van der Waals surface area contributed by atoms with Gasteiger partial charge in [0.05, 0.1) is 11.8 Å². The summed E-state index contributed by atoms with van der Waals surface area (Å²) < 4.78 is 0. The highest BCUT2D eigenvalue weighted by molar-refractivity contribution is 5.98. The van der Waals surface area contributed by atoms with Crippen LogP contribution in [0.15, 0.2) is 18.2 Å². The van der Waals surface area contributed by atoms with Gasteiger partial charge < -0.3 is 10.4 Å². The summed E-state index contributed by atoms with van der Waals surface area (Å²) in [5.74, 6) is -0.842. The van der Waals surface area contributed by atoms with Crippen molar-refractivity contribution in [2.75, 3.05) is 5.32 Å². The molecule has 1 aromatic rings. The van der Waals surface area contributed by atoms with Crippen LogP contribution in [0.3, 0.4) is 0 Å². The van der Waals surface area contributed by atoms with Gasteiger partial charge in [-0.05, 0) is 25.1 Å². The average molecular weight is 218 g/mol. The van der Waals surface area contributed by atoms with E-state index in [0.29, 0.717) is 5.56 Å². The van der Waals surface area contributed by atoms with E-state index in [9.17, 15) is 14.7 Å². The molecule has 0 spiro atoms. The van der Waals surface area contributed by atoms with Crippen molar-refractivity contribution in [3.05, 3.63) is 23.8 Å². The normalized spacial score (nSPS) is 9.25. The lowest BCUT2D eigenvalue weighted by Crippen LogP contribution is -2.10. The Morgan fingerprint density at radius 2 is 2.19 bits per heavy atom. The highest BCUT2D eigenvalue weighted by Gasteiger charge is 2.08. The van der Waals surface area contributed by atoms with Gasteiger partial charge in [-0.25, -0.2) is 0 Å². The molecule has 0 saturated heterocycles. The van der Waals surface area contributed by atoms with Crippen LogP contribution in [0.1, 0.15) is 23.7 Å². The second kappa shape index (κ2) is 4.94. The summed E-state index contributed by atoms with van der Waals surface area (Å²) >= 11 is 0. The number of nitriles is 1. The highest BCUT2D eigenvalue weighted by Crippen LogP contribution is 2.24. The van der Waals surface area contributed by atoms with Crippen LogP contribution in [-0.2, 0) is 4.79 Å². The molecule has 5 nitrogen and oxygen atoms in total. The fraction of sp³-hybridized carbons (Fsp3) is 0.182. The predicted molar refractivity (Wildman–Crippen MR) is 57.0 cm³/mol. The van der Waals surface area contributed by atoms with Gasteiger partial charge in [-0.15, -0.1) is 0 Å². The van der Waals surface area contributed by atoms with Crippen LogP contribution in [0, 0.1) is 11.3 Å². The summed E-state index contributed by atoms with van der Waals surface area (Å²) in [6, 6.07) is 5.83. The molecule has 5 heteroatoms. The molecule has 1 rings (SSSR count). The first-order chi connectivity index (χ1) is 7.54. The Labute approximate surface area is 92.3 Å². The summed E-state index contributed by atoms with van der Waals surface area (Å²) in [5, 5.41) is 20.1. The smallest absolute Gasteiger partial charge is 0.238 e. The Hall–Kier alpha value is -2.35. The number of hydrogen-bond acceptors (Lipinski definition) is 4. The van der Waals surface area contributed by atoms with Gasteiger partial charge in [-0.1, -0.05) is 0 Å². The fourth-order valence-electron chi connectivity index (χ4n) is 1.12. The van der Waals surface area contributed by atoms with Crippen molar-refractivity contribution in [2.45, 2.75) is 13.3 Å². The quantitative estimate of drug-likeness (QED) is 0.593. The van der Waals surface area contributed by atoms with Crippen LogP contribution in [0.2, 0.25) is 0 Å². The van der Waals surface area contributed by atoms with Crippen LogP contribution in [-0.4, -0.2) is 16.8 Å². The van der Waals surface area contributed by atoms with Gasteiger partial charge >= 0.3 is 0 Å². The van der Waals surface area contributed by atoms with Crippen LogP contribution in [0.25, 0.3) is 0 Å². The maximum Gasteiger partial charge on any atom is 0.238 e. The van der Waals surface area contributed by atoms with Gasteiger partial charge in [-0.2, -0.15) is 5.26 Å². The Balaban J connectivity index is 2.95. The molecule has 0 saturated carbocycles. The molecule has 0 unspecified atom stereocenters. The number of nitrogens with zero attached hydrogens (tertiary/aromatic N) is 1. The molecule has 0 atom stereocenters. The first-order valence-corrected chi connectivity index (χ1v) is 4.55. The van der Waals surface area contributed by atoms with Crippen molar-refractivity contribution >= 4 is 17.4 Å². The number of carbonyl (C=O) groups excluding carboxylic acids is 2. The first kappa shape index (κ1) is 11.7. The number of benzene rings is 1. The lowest BCUT2D eigenvalue weighted by molar-refractivity contribution is -0.115. The van der Waals surface area contributed by atoms with Gasteiger partial charge in [-0.3, -0.25) is 9.59 Å². The molecule has 1 aromatic carbocycles. The third kappa shape index (κ3) is 2.82. The van der Waals surface area contributed by atoms with E-state index in [-0.39, 0.29) is 23.6 Å². The maximum atomic E-state index is 11.1. The minimum absolute atomic E-state index is 0.132. The molecule has 82 valence electrons. The second-order valence-corrected chi connectivity index (χ2v) is 3.17. The van der Waals surface area contributed by atoms with Crippen molar-refractivity contribution in [3.63, 3.8) is 0 Å². The number of rotatable bonds is 3. The summed E-state index contributed by atoms with van der Waals surface area (Å²) in [5.41, 5.74) is 0.512. The van der Waals surface area contributed by atoms with E-state index >= 15 is 0 Å². The zero-order chi connectivity index (χ0) is 12.1. The van der Waals surface area contributed by atoms with Crippen molar-refractivity contribution in [2.24, 2.45) is 0 Å². The van der Waals surface area contributed by atoms with Gasteiger partial charge in [0, 0.05) is 5.56 Å². The number of phenolic OH excluding ortho intramolecular Hbond substituents is 1. The zero-order valence-corrected chi connectivity index (χ0v) is 8.65. The van der Waals surface area contributed by atoms with E-state index in [0.717, 1.165) is 0 Å². The Bertz CT molecular complexity index is 475. The predicted octanol–water partition coefficient (Wildman–Crippen LogP) is 1.45. The number of aromatic hydroxyl groups is 1. The summed E-state index contributed by atoms with van der Waals surface area (Å²) in [4.78, 5) is 22.2. The van der Waals surface area contributed by atoms with Crippen molar-refractivity contribution in [3.8, 4) is 11.8 Å². The molecule has 0 aliphatic carbocycles. The first-order valence-electron chi connectivity index (χ1n) is 4.55. The minimum atomic E-state index is -0.529. The molecule has 0 aliphatic rings. The molecule has 16 heavy (non-hydrogen) atoms. The third-order valence-corrected chi connectivity index (χ3v) is 1.92. The van der Waals surface area contributed by atoms with Crippen molar-refractivity contribution in [1.82, 2.24) is 0 Å². The van der Waals surface area contributed by atoms with Gasteiger partial charge in [0.2, 0.25) is 5.91 Å². The fourth-order valence-corrected chi connectivity index (χ4v) is 1.12. The van der Waals surface area contributed by atoms with Crippen LogP contribution in [0.4, 0.5) is 5.69 Å². The average Bonchev–Trinajstić information content (AvgIpc) is 2.21. The standard InChI is InChI=1S/C11H10N2O3/c1-7(14)8-2-3-10(15)9(6-8)13-11(16)4-5-12/h2-3,6,15H,4H2,1H3,(H,13,16). The summed E-state index contributed by atoms with van der Waals surface area (Å²) in [6.45, 7) is 1.38. The molecule has 0 radical (unpaired) electrons. The number of Topliss-reactive ketones (excluding diaryl/α,β-unsaturated/α-hetero) is 1. The topological polar surface area (TPSA) is 90.2 Å². The number of phenols is 1. The second-order valence-electron chi connectivity index (χ2n) is 3.17. The number of amides is 1. The molecule has 0 heterocycles. The number of carbonyl (C=O) groups is 2. The van der Waals surface area contributed by atoms with Crippen LogP contribution < -0.4 is 5.32 Å². The largest absolute Gasteiger partial charge is 0.506 e. The molecule has 0 aromatic heterocycles. The molecule has 0 aliphatic heterocycles. The molecular weight excluding hydrogens is 208 g/mol. The molecule has 2 N–H and O–H groups in total. The monoisotopic (exact) mass is 218 g/mol. The van der Waals surface area contributed by atoms with E-state index in [1.165, 1.54) is 25.1 Å². The number of ketones is 1. The highest BCUT2D eigenvalue weighted by atomic mass is 16.3. The van der Waals surface area contributed by atoms with E-state index in [4.69, 9.17) is 5.26 Å². The number of anilines is 1. The van der Waals surface area contributed by atoms with Crippen LogP contribution >= 0.6 is 0 Å². The van der Waals surface area contributed by atoms with Crippen LogP contribution in [0.5, 0.6) is 5.75 Å². The Kier molecular flexibility index (Phi) is 3.62. The van der Waals surface area contributed by atoms with E-state index in [1.807, 2.05) is 0 Å². The zero-order valence-electron chi connectivity index (χ0n) is 8.65. The van der Waals surface area contributed by atoms with E-state index in [2.05, 4.69) is 5.32 Å². The number of nitrogens with one attached hydrogen (secondary N) is 1. The van der Waals surface area contributed by atoms with E-state index < -0.39 is 5.91 Å². The Morgan fingerprint density at radius 1 is 1.50 bits per heavy atom. The molecule has 1 amide bonds. The van der Waals surface area contributed by atoms with Gasteiger partial charge in [0.1, 0.15) is 12.2 Å². The molecule has 0 fully saturated rings. The van der Waals surface area contributed by atoms with Crippen molar-refractivity contribution < 1.29 is 14.7 Å². The number of hydrogen-bond donors (Lipinski definition) is 2. The van der Waals surface area contributed by atoms with Gasteiger partial charge in [0.15, 0.2) is 5.78 Å². The van der Waals surface area contributed by atoms with Gasteiger partial charge in [0.25, 0.3) is 0 Å². The summed E-state index contributed by atoms with van der Waals surface area (Å²) in [7, 11) is 0. The van der Waals surface area contributed by atoms with Crippen molar-refractivity contribution in [1.29, 1.82) is 5.26 Å². The summed E-state index contributed by atoms with van der Waals surface area (Å²) in [6.07, 6.45) is -0.302. The maximum absolute atomic E-state index is 11.1. The minimum Gasteiger partial charge on any atom is -0.506 e.